The van der Waals surface area contributed by atoms with Gasteiger partial charge >= 0.3 is 0 Å². The summed E-state index contributed by atoms with van der Waals surface area (Å²) < 4.78 is 21.2. The molecule has 0 saturated carbocycles. The summed E-state index contributed by atoms with van der Waals surface area (Å²) in [5.74, 6) is 0.183. The first-order valence-corrected chi connectivity index (χ1v) is 9.96. The van der Waals surface area contributed by atoms with Crippen LogP contribution in [-0.2, 0) is 11.8 Å². The van der Waals surface area contributed by atoms with Gasteiger partial charge in [0.05, 0.1) is 41.8 Å². The highest BCUT2D eigenvalue weighted by atomic mass is 19.1. The number of aromatic nitrogens is 4. The predicted molar refractivity (Wildman–Crippen MR) is 117 cm³/mol. The topological polar surface area (TPSA) is 88.1 Å². The van der Waals surface area contributed by atoms with E-state index >= 15 is 0 Å². The lowest BCUT2D eigenvalue weighted by Crippen LogP contribution is -2.43. The maximum absolute atomic E-state index is 14.4. The highest BCUT2D eigenvalue weighted by Crippen LogP contribution is 2.31. The molecule has 0 amide bonds. The van der Waals surface area contributed by atoms with E-state index in [0.717, 1.165) is 11.1 Å². The van der Waals surface area contributed by atoms with Gasteiger partial charge in [0.2, 0.25) is 0 Å². The molecule has 3 heterocycles. The third-order valence-electron chi connectivity index (χ3n) is 5.44. The highest BCUT2D eigenvalue weighted by molar-refractivity contribution is 5.83. The van der Waals surface area contributed by atoms with Gasteiger partial charge in [0.15, 0.2) is 12.1 Å². The molecular weight excluding hydrogens is 399 g/mol. The van der Waals surface area contributed by atoms with Crippen molar-refractivity contribution in [1.29, 1.82) is 0 Å². The molecule has 9 heteroatoms. The van der Waals surface area contributed by atoms with Crippen LogP contribution in [0.5, 0.6) is 0 Å². The van der Waals surface area contributed by atoms with Crippen LogP contribution in [0.1, 0.15) is 0 Å². The number of rotatable bonds is 4. The number of nitrogens with zero attached hydrogens (tertiary/aromatic N) is 4. The Labute approximate surface area is 177 Å². The van der Waals surface area contributed by atoms with Crippen molar-refractivity contribution in [2.75, 3.05) is 30.0 Å². The lowest BCUT2D eigenvalue weighted by atomic mass is 10.1. The van der Waals surface area contributed by atoms with E-state index in [0.29, 0.717) is 35.6 Å². The molecule has 4 aromatic rings. The minimum atomic E-state index is -1.24. The molecule has 1 aliphatic heterocycles. The fraction of sp³-hybridized carbons (Fsp3) is 0.227. The Balaban J connectivity index is 1.54. The maximum atomic E-state index is 14.4. The molecule has 8 nitrogen and oxygen atoms in total. The van der Waals surface area contributed by atoms with Gasteiger partial charge in [-0.15, -0.1) is 0 Å². The second-order valence-corrected chi connectivity index (χ2v) is 7.36. The van der Waals surface area contributed by atoms with E-state index < -0.39 is 6.30 Å². The van der Waals surface area contributed by atoms with Crippen LogP contribution in [0.2, 0.25) is 0 Å². The molecule has 2 N–H and O–H groups in total. The smallest absolute Gasteiger partial charge is 0.293 e. The second-order valence-electron chi connectivity index (χ2n) is 7.36. The average molecular weight is 420 g/mol. The van der Waals surface area contributed by atoms with Crippen molar-refractivity contribution >= 4 is 28.2 Å². The molecule has 1 fully saturated rings. The van der Waals surface area contributed by atoms with Gasteiger partial charge in [-0.25, -0.2) is 9.37 Å². The van der Waals surface area contributed by atoms with Gasteiger partial charge in [-0.1, -0.05) is 18.2 Å². The minimum absolute atomic E-state index is 0.0172. The van der Waals surface area contributed by atoms with Crippen molar-refractivity contribution in [3.05, 3.63) is 65.2 Å². The predicted octanol–water partition coefficient (Wildman–Crippen LogP) is 3.20. The summed E-state index contributed by atoms with van der Waals surface area (Å²) in [5, 5.41) is 9.89. The number of nitrogens with one attached hydrogen (secondary N) is 2. The molecule has 158 valence electrons. The molecule has 0 radical (unpaired) electrons. The van der Waals surface area contributed by atoms with Crippen molar-refractivity contribution in [1.82, 2.24) is 19.7 Å². The number of fused-ring (bicyclic) bond motifs is 1. The normalized spacial score (nSPS) is 16.6. The molecule has 1 unspecified atom stereocenters. The fourth-order valence-corrected chi connectivity index (χ4v) is 3.80. The second kappa shape index (κ2) is 7.84. The lowest BCUT2D eigenvalue weighted by molar-refractivity contribution is 0.0497. The number of H-pyrrole nitrogens is 1. The van der Waals surface area contributed by atoms with Crippen molar-refractivity contribution in [3.63, 3.8) is 0 Å². The van der Waals surface area contributed by atoms with E-state index in [4.69, 9.17) is 4.74 Å². The van der Waals surface area contributed by atoms with Crippen LogP contribution >= 0.6 is 0 Å². The SMILES string of the molecule is Cn1c(=O)c(Nc2ccccc2N2CCOCC2F)nc2ccc(-c3cn[nH]c3)cc21. The Kier molecular flexibility index (Phi) is 4.87. The number of alkyl halides is 1. The number of halogens is 1. The van der Waals surface area contributed by atoms with Gasteiger partial charge in [0, 0.05) is 25.4 Å². The zero-order chi connectivity index (χ0) is 21.4. The molecule has 0 bridgehead atoms. The number of para-hydroxylation sites is 2. The van der Waals surface area contributed by atoms with Crippen LogP contribution < -0.4 is 15.8 Å². The van der Waals surface area contributed by atoms with Crippen LogP contribution in [0.3, 0.4) is 0 Å². The maximum Gasteiger partial charge on any atom is 0.293 e. The first-order valence-electron chi connectivity index (χ1n) is 9.96. The van der Waals surface area contributed by atoms with E-state index in [1.807, 2.05) is 42.5 Å². The van der Waals surface area contributed by atoms with Crippen LogP contribution in [0.25, 0.3) is 22.2 Å². The highest BCUT2D eigenvalue weighted by Gasteiger charge is 2.25. The first kappa shape index (κ1) is 19.3. The molecular formula is C22H21FN6O2. The van der Waals surface area contributed by atoms with Gasteiger partial charge in [-0.2, -0.15) is 5.10 Å². The van der Waals surface area contributed by atoms with E-state index in [-0.39, 0.29) is 18.0 Å². The minimum Gasteiger partial charge on any atom is -0.375 e. The monoisotopic (exact) mass is 420 g/mol. The average Bonchev–Trinajstić information content (AvgIpc) is 3.33. The number of hydrogen-bond donors (Lipinski definition) is 2. The van der Waals surface area contributed by atoms with Crippen LogP contribution in [0, 0.1) is 0 Å². The Bertz CT molecular complexity index is 1290. The largest absolute Gasteiger partial charge is 0.375 e. The summed E-state index contributed by atoms with van der Waals surface area (Å²) in [6.07, 6.45) is 2.28. The van der Waals surface area contributed by atoms with Gasteiger partial charge in [-0.3, -0.25) is 9.89 Å². The van der Waals surface area contributed by atoms with Gasteiger partial charge in [-0.05, 0) is 29.8 Å². The third kappa shape index (κ3) is 3.53. The summed E-state index contributed by atoms with van der Waals surface area (Å²) in [6, 6.07) is 13.0. The van der Waals surface area contributed by atoms with Crippen LogP contribution in [0.15, 0.2) is 59.7 Å². The number of anilines is 3. The molecule has 2 aromatic carbocycles. The summed E-state index contributed by atoms with van der Waals surface area (Å²) in [6.45, 7) is 0.896. The molecule has 2 aromatic heterocycles. The standard InChI is InChI=1S/C22H21FN6O2/c1-28-19-10-14(15-11-24-25-12-15)6-7-17(19)27-21(22(28)30)26-16-4-2-3-5-18(16)29-8-9-31-13-20(29)23/h2-7,10-12,20H,8-9,13H2,1H3,(H,24,25)(H,26,27). The number of ether oxygens (including phenoxy) is 1. The summed E-state index contributed by atoms with van der Waals surface area (Å²) in [5.41, 5.74) is 4.25. The summed E-state index contributed by atoms with van der Waals surface area (Å²) >= 11 is 0. The molecule has 31 heavy (non-hydrogen) atoms. The van der Waals surface area contributed by atoms with Gasteiger partial charge < -0.3 is 19.5 Å². The molecule has 1 saturated heterocycles. The third-order valence-corrected chi connectivity index (χ3v) is 5.44. The Morgan fingerprint density at radius 2 is 2.10 bits per heavy atom. The van der Waals surface area contributed by atoms with E-state index in [9.17, 15) is 9.18 Å². The zero-order valence-electron chi connectivity index (χ0n) is 16.9. The summed E-state index contributed by atoms with van der Waals surface area (Å²) in [7, 11) is 1.71. The summed E-state index contributed by atoms with van der Waals surface area (Å²) in [4.78, 5) is 19.2. The molecule has 1 aliphatic rings. The Morgan fingerprint density at radius 1 is 1.23 bits per heavy atom. The number of aryl methyl sites for hydroxylation is 1. The number of morpholine rings is 1. The number of hydrogen-bond acceptors (Lipinski definition) is 6. The van der Waals surface area contributed by atoms with Crippen molar-refractivity contribution in [2.45, 2.75) is 6.30 Å². The van der Waals surface area contributed by atoms with Crippen molar-refractivity contribution in [2.24, 2.45) is 7.05 Å². The molecule has 0 aliphatic carbocycles. The van der Waals surface area contributed by atoms with Crippen LogP contribution in [0.4, 0.5) is 21.6 Å². The molecule has 5 rings (SSSR count). The van der Waals surface area contributed by atoms with Gasteiger partial charge in [0.1, 0.15) is 0 Å². The zero-order valence-corrected chi connectivity index (χ0v) is 16.9. The first-order chi connectivity index (χ1) is 15.1. The van der Waals surface area contributed by atoms with Crippen LogP contribution in [-0.4, -0.2) is 45.8 Å². The van der Waals surface area contributed by atoms with E-state index in [1.165, 1.54) is 0 Å². The van der Waals surface area contributed by atoms with E-state index in [1.54, 1.807) is 28.9 Å². The Morgan fingerprint density at radius 3 is 2.90 bits per heavy atom. The molecule has 1 atom stereocenters. The van der Waals surface area contributed by atoms with Gasteiger partial charge in [0.25, 0.3) is 5.56 Å². The van der Waals surface area contributed by atoms with E-state index in [2.05, 4.69) is 20.5 Å². The Hall–Kier alpha value is -3.72. The quantitative estimate of drug-likeness (QED) is 0.493. The fourth-order valence-electron chi connectivity index (χ4n) is 3.80. The molecule has 0 spiro atoms. The lowest BCUT2D eigenvalue weighted by Gasteiger charge is -2.33. The van der Waals surface area contributed by atoms with Crippen molar-refractivity contribution in [3.8, 4) is 11.1 Å². The van der Waals surface area contributed by atoms with Crippen molar-refractivity contribution < 1.29 is 9.13 Å². The number of aromatic amines is 1. The number of benzene rings is 2.